The van der Waals surface area contributed by atoms with Gasteiger partial charge in [0.1, 0.15) is 16.5 Å². The Hall–Kier alpha value is -2.67. The summed E-state index contributed by atoms with van der Waals surface area (Å²) in [6, 6.07) is 9.41. The summed E-state index contributed by atoms with van der Waals surface area (Å²) in [5.41, 5.74) is 3.53. The van der Waals surface area contributed by atoms with Crippen molar-refractivity contribution in [3.63, 3.8) is 0 Å². The van der Waals surface area contributed by atoms with E-state index < -0.39 is 0 Å². The fourth-order valence-corrected chi connectivity index (χ4v) is 6.64. The number of amides is 1. The predicted molar refractivity (Wildman–Crippen MR) is 141 cm³/mol. The number of carbonyl (C=O) groups excluding carboxylic acids is 1. The molecule has 6 nitrogen and oxygen atoms in total. The molecule has 2 aromatic heterocycles. The fraction of sp³-hybridized carbons (Fsp3) is 0.519. The lowest BCUT2D eigenvalue weighted by atomic mass is 10.0. The fourth-order valence-electron chi connectivity index (χ4n) is 5.45. The van der Waals surface area contributed by atoms with Gasteiger partial charge in [0.05, 0.1) is 10.3 Å². The van der Waals surface area contributed by atoms with Crippen molar-refractivity contribution in [1.82, 2.24) is 14.9 Å². The Morgan fingerprint density at radius 2 is 1.71 bits per heavy atom. The minimum absolute atomic E-state index is 0.131. The van der Waals surface area contributed by atoms with Gasteiger partial charge in [-0.3, -0.25) is 4.79 Å². The zero-order valence-corrected chi connectivity index (χ0v) is 21.8. The van der Waals surface area contributed by atoms with Gasteiger partial charge in [0.15, 0.2) is 0 Å². The number of carbonyl (C=O) groups is 1. The summed E-state index contributed by atoms with van der Waals surface area (Å²) < 4.78 is 0. The highest BCUT2D eigenvalue weighted by Crippen LogP contribution is 2.38. The van der Waals surface area contributed by atoms with Gasteiger partial charge in [-0.1, -0.05) is 17.7 Å². The predicted octanol–water partition coefficient (Wildman–Crippen LogP) is 5.35. The average Bonchev–Trinajstić information content (AvgIpc) is 3.15. The summed E-state index contributed by atoms with van der Waals surface area (Å²) in [6.07, 6.45) is 3.64. The number of fused-ring (bicyclic) bond motifs is 1. The molecule has 1 aromatic carbocycles. The number of piperazine rings is 1. The molecule has 2 aliphatic heterocycles. The molecule has 0 aliphatic carbocycles. The van der Waals surface area contributed by atoms with Crippen LogP contribution < -0.4 is 9.80 Å². The molecule has 7 heteroatoms. The summed E-state index contributed by atoms with van der Waals surface area (Å²) in [7, 11) is 0. The minimum Gasteiger partial charge on any atom is -0.365 e. The first-order valence-electron chi connectivity index (χ1n) is 12.5. The number of nitrogens with zero attached hydrogens (tertiary/aromatic N) is 5. The first-order valence-corrected chi connectivity index (χ1v) is 13.3. The van der Waals surface area contributed by atoms with Crippen molar-refractivity contribution in [3.8, 4) is 0 Å². The molecular weight excluding hydrogens is 442 g/mol. The summed E-state index contributed by atoms with van der Waals surface area (Å²) >= 11 is 1.54. The van der Waals surface area contributed by atoms with Crippen LogP contribution in [0, 0.1) is 20.8 Å². The lowest BCUT2D eigenvalue weighted by Gasteiger charge is -2.41. The van der Waals surface area contributed by atoms with E-state index in [2.05, 4.69) is 61.8 Å². The monoisotopic (exact) mass is 477 g/mol. The topological polar surface area (TPSA) is 52.6 Å². The van der Waals surface area contributed by atoms with Crippen LogP contribution >= 0.6 is 11.3 Å². The van der Waals surface area contributed by atoms with E-state index in [1.165, 1.54) is 41.9 Å². The van der Waals surface area contributed by atoms with Crippen LogP contribution in [0.1, 0.15) is 59.7 Å². The standard InChI is InChI=1S/C27H35N5OS/c1-17-9-11-22(12-10-17)31-15-14-30(16-19(31)3)27(33)24-20(4)23-25(28-21(5)29-26(23)34-24)32-13-7-6-8-18(32)2/h9-12,18-19H,6-8,13-16H2,1-5H3. The molecule has 0 radical (unpaired) electrons. The Balaban J connectivity index is 1.42. The van der Waals surface area contributed by atoms with Crippen molar-refractivity contribution >= 4 is 39.0 Å². The van der Waals surface area contributed by atoms with Crippen LogP contribution in [-0.4, -0.2) is 59.0 Å². The van der Waals surface area contributed by atoms with Crippen molar-refractivity contribution in [2.24, 2.45) is 0 Å². The van der Waals surface area contributed by atoms with Gasteiger partial charge < -0.3 is 14.7 Å². The van der Waals surface area contributed by atoms with Gasteiger partial charge in [0.25, 0.3) is 5.91 Å². The number of rotatable bonds is 3. The highest BCUT2D eigenvalue weighted by atomic mass is 32.1. The molecule has 1 amide bonds. The summed E-state index contributed by atoms with van der Waals surface area (Å²) in [5.74, 6) is 1.92. The van der Waals surface area contributed by atoms with Crippen LogP contribution in [0.2, 0.25) is 0 Å². The van der Waals surface area contributed by atoms with Crippen LogP contribution in [0.3, 0.4) is 0 Å². The number of aryl methyl sites for hydroxylation is 3. The number of benzene rings is 1. The summed E-state index contributed by atoms with van der Waals surface area (Å²) in [5, 5.41) is 1.07. The molecule has 2 atom stereocenters. The van der Waals surface area contributed by atoms with E-state index in [0.717, 1.165) is 58.5 Å². The maximum Gasteiger partial charge on any atom is 0.264 e. The Morgan fingerprint density at radius 1 is 0.941 bits per heavy atom. The van der Waals surface area contributed by atoms with E-state index in [1.54, 1.807) is 0 Å². The molecule has 0 spiro atoms. The zero-order chi connectivity index (χ0) is 24.0. The minimum atomic E-state index is 0.131. The lowest BCUT2D eigenvalue weighted by molar-refractivity contribution is 0.0730. The Morgan fingerprint density at radius 3 is 2.41 bits per heavy atom. The van der Waals surface area contributed by atoms with Crippen molar-refractivity contribution in [2.75, 3.05) is 36.0 Å². The molecule has 3 aromatic rings. The van der Waals surface area contributed by atoms with Gasteiger partial charge in [-0.2, -0.15) is 0 Å². The van der Waals surface area contributed by atoms with E-state index in [9.17, 15) is 4.79 Å². The van der Waals surface area contributed by atoms with E-state index in [1.807, 2.05) is 11.8 Å². The largest absolute Gasteiger partial charge is 0.365 e. The third-order valence-corrected chi connectivity index (χ3v) is 8.61. The van der Waals surface area contributed by atoms with Crippen LogP contribution in [0.5, 0.6) is 0 Å². The Labute approximate surface area is 206 Å². The third-order valence-electron chi connectivity index (χ3n) is 7.43. The van der Waals surface area contributed by atoms with Crippen LogP contribution in [-0.2, 0) is 0 Å². The molecular formula is C27H35N5OS. The molecule has 180 valence electrons. The number of aromatic nitrogens is 2. The molecule has 0 saturated carbocycles. The number of anilines is 2. The third kappa shape index (κ3) is 4.15. The molecule has 2 fully saturated rings. The molecule has 4 heterocycles. The molecule has 2 saturated heterocycles. The van der Waals surface area contributed by atoms with E-state index in [-0.39, 0.29) is 11.9 Å². The van der Waals surface area contributed by atoms with Gasteiger partial charge >= 0.3 is 0 Å². The molecule has 2 unspecified atom stereocenters. The van der Waals surface area contributed by atoms with Crippen molar-refractivity contribution in [2.45, 2.75) is 66.0 Å². The second-order valence-electron chi connectivity index (χ2n) is 10.00. The van der Waals surface area contributed by atoms with Gasteiger partial charge in [-0.25, -0.2) is 9.97 Å². The first kappa shape index (κ1) is 23.1. The maximum atomic E-state index is 13.7. The molecule has 0 N–H and O–H groups in total. The van der Waals surface area contributed by atoms with Crippen LogP contribution in [0.4, 0.5) is 11.5 Å². The normalized spacial score (nSPS) is 21.4. The molecule has 2 aliphatic rings. The Kier molecular flexibility index (Phi) is 6.23. The molecule has 5 rings (SSSR count). The van der Waals surface area contributed by atoms with E-state index in [4.69, 9.17) is 9.97 Å². The van der Waals surface area contributed by atoms with Crippen molar-refractivity contribution in [3.05, 3.63) is 46.1 Å². The summed E-state index contributed by atoms with van der Waals surface area (Å²) in [4.78, 5) is 31.9. The van der Waals surface area contributed by atoms with Crippen molar-refractivity contribution < 1.29 is 4.79 Å². The quantitative estimate of drug-likeness (QED) is 0.509. The second-order valence-corrected chi connectivity index (χ2v) is 11.0. The van der Waals surface area contributed by atoms with Gasteiger partial charge in [-0.15, -0.1) is 11.3 Å². The van der Waals surface area contributed by atoms with Gasteiger partial charge in [0, 0.05) is 44.0 Å². The molecule has 34 heavy (non-hydrogen) atoms. The lowest BCUT2D eigenvalue weighted by Crippen LogP contribution is -2.53. The van der Waals surface area contributed by atoms with E-state index in [0.29, 0.717) is 6.04 Å². The number of hydrogen-bond donors (Lipinski definition) is 0. The zero-order valence-electron chi connectivity index (χ0n) is 21.0. The summed E-state index contributed by atoms with van der Waals surface area (Å²) in [6.45, 7) is 14.0. The number of piperidine rings is 1. The highest BCUT2D eigenvalue weighted by Gasteiger charge is 2.31. The first-order chi connectivity index (χ1) is 16.3. The van der Waals surface area contributed by atoms with Crippen molar-refractivity contribution in [1.29, 1.82) is 0 Å². The average molecular weight is 478 g/mol. The van der Waals surface area contributed by atoms with Gasteiger partial charge in [-0.05, 0) is 71.6 Å². The SMILES string of the molecule is Cc1ccc(N2CCN(C(=O)c3sc4nc(C)nc(N5CCCCC5C)c4c3C)CC2C)cc1. The van der Waals surface area contributed by atoms with Gasteiger partial charge in [0.2, 0.25) is 0 Å². The Bertz CT molecular complexity index is 1200. The smallest absolute Gasteiger partial charge is 0.264 e. The van der Waals surface area contributed by atoms with Crippen LogP contribution in [0.15, 0.2) is 24.3 Å². The number of hydrogen-bond acceptors (Lipinski definition) is 6. The number of thiophene rings is 1. The second kappa shape index (κ2) is 9.17. The maximum absolute atomic E-state index is 13.7. The molecule has 0 bridgehead atoms. The highest BCUT2D eigenvalue weighted by molar-refractivity contribution is 7.20. The van der Waals surface area contributed by atoms with E-state index >= 15 is 0 Å². The van der Waals surface area contributed by atoms with Crippen LogP contribution in [0.25, 0.3) is 10.2 Å².